The highest BCUT2D eigenvalue weighted by molar-refractivity contribution is 5.43. The van der Waals surface area contributed by atoms with Crippen LogP contribution >= 0.6 is 0 Å². The van der Waals surface area contributed by atoms with Crippen LogP contribution in [-0.2, 0) is 0 Å². The molecular formula is C14H16N2O2. The van der Waals surface area contributed by atoms with Crippen LogP contribution in [-0.4, -0.2) is 4.92 Å². The van der Waals surface area contributed by atoms with Gasteiger partial charge in [-0.25, -0.2) is 0 Å². The standard InChI is InChI=1S/C14H16N2O2/c15-10-11-6-2-1-3-7-12(11)13-8-4-5-9-14(13)16(17)18/h4-5,8-9,11-12H,1-3,6-7H2. The van der Waals surface area contributed by atoms with E-state index in [1.807, 2.05) is 6.07 Å². The largest absolute Gasteiger partial charge is 0.272 e. The van der Waals surface area contributed by atoms with Crippen molar-refractivity contribution in [3.63, 3.8) is 0 Å². The molecule has 1 aliphatic rings. The zero-order chi connectivity index (χ0) is 13.0. The summed E-state index contributed by atoms with van der Waals surface area (Å²) in [7, 11) is 0. The summed E-state index contributed by atoms with van der Waals surface area (Å²) in [6, 6.07) is 9.18. The van der Waals surface area contributed by atoms with E-state index in [1.54, 1.807) is 12.1 Å². The smallest absolute Gasteiger partial charge is 0.258 e. The maximum atomic E-state index is 11.1. The lowest BCUT2D eigenvalue weighted by atomic mass is 9.82. The molecule has 1 fully saturated rings. The van der Waals surface area contributed by atoms with E-state index < -0.39 is 0 Å². The molecule has 4 heteroatoms. The number of nitriles is 1. The lowest BCUT2D eigenvalue weighted by Crippen LogP contribution is -2.11. The quantitative estimate of drug-likeness (QED) is 0.451. The van der Waals surface area contributed by atoms with E-state index in [0.29, 0.717) is 0 Å². The van der Waals surface area contributed by atoms with Crippen LogP contribution in [0.15, 0.2) is 24.3 Å². The Morgan fingerprint density at radius 3 is 2.67 bits per heavy atom. The molecule has 1 aromatic rings. The Morgan fingerprint density at radius 2 is 1.94 bits per heavy atom. The fourth-order valence-electron chi connectivity index (χ4n) is 2.80. The van der Waals surface area contributed by atoms with Crippen molar-refractivity contribution in [1.29, 1.82) is 5.26 Å². The van der Waals surface area contributed by atoms with E-state index in [1.165, 1.54) is 6.07 Å². The van der Waals surface area contributed by atoms with Gasteiger partial charge in [0.1, 0.15) is 0 Å². The third-order valence-corrected chi connectivity index (χ3v) is 3.71. The second kappa shape index (κ2) is 5.63. The molecule has 0 aliphatic heterocycles. The highest BCUT2D eigenvalue weighted by Gasteiger charge is 2.29. The van der Waals surface area contributed by atoms with Gasteiger partial charge < -0.3 is 0 Å². The molecule has 0 saturated heterocycles. The van der Waals surface area contributed by atoms with E-state index >= 15 is 0 Å². The van der Waals surface area contributed by atoms with Gasteiger partial charge in [-0.1, -0.05) is 37.5 Å². The third kappa shape index (κ3) is 2.51. The van der Waals surface area contributed by atoms with Gasteiger partial charge in [0.15, 0.2) is 0 Å². The Kier molecular flexibility index (Phi) is 3.93. The van der Waals surface area contributed by atoms with Gasteiger partial charge in [-0.05, 0) is 12.8 Å². The van der Waals surface area contributed by atoms with Crippen molar-refractivity contribution >= 4 is 5.69 Å². The molecule has 2 atom stereocenters. The SMILES string of the molecule is N#CC1CCCCCC1c1ccccc1[N+](=O)[O-]. The van der Waals surface area contributed by atoms with Gasteiger partial charge in [0.05, 0.1) is 16.9 Å². The first kappa shape index (κ1) is 12.6. The summed E-state index contributed by atoms with van der Waals surface area (Å²) in [6.45, 7) is 0. The molecule has 1 aliphatic carbocycles. The molecular weight excluding hydrogens is 228 g/mol. The first-order valence-electron chi connectivity index (χ1n) is 6.37. The number of nitro benzene ring substituents is 1. The summed E-state index contributed by atoms with van der Waals surface area (Å²) in [5, 5.41) is 20.3. The van der Waals surface area contributed by atoms with Crippen LogP contribution < -0.4 is 0 Å². The number of nitro groups is 1. The molecule has 0 heterocycles. The summed E-state index contributed by atoms with van der Waals surface area (Å²) in [5.74, 6) is -0.0762. The molecule has 18 heavy (non-hydrogen) atoms. The fourth-order valence-corrected chi connectivity index (χ4v) is 2.80. The molecule has 2 rings (SSSR count). The summed E-state index contributed by atoms with van der Waals surface area (Å²) in [5.41, 5.74) is 0.889. The number of para-hydroxylation sites is 1. The van der Waals surface area contributed by atoms with Crippen LogP contribution in [0.5, 0.6) is 0 Å². The molecule has 0 aromatic heterocycles. The first-order valence-corrected chi connectivity index (χ1v) is 6.37. The molecule has 0 radical (unpaired) electrons. The molecule has 0 N–H and O–H groups in total. The molecule has 94 valence electrons. The normalized spacial score (nSPS) is 23.9. The maximum absolute atomic E-state index is 11.1. The van der Waals surface area contributed by atoms with Crippen molar-refractivity contribution in [1.82, 2.24) is 0 Å². The van der Waals surface area contributed by atoms with Gasteiger partial charge in [-0.2, -0.15) is 5.26 Å². The van der Waals surface area contributed by atoms with Crippen LogP contribution in [0.1, 0.15) is 43.6 Å². The third-order valence-electron chi connectivity index (χ3n) is 3.71. The second-order valence-electron chi connectivity index (χ2n) is 4.80. The molecule has 0 bridgehead atoms. The van der Waals surface area contributed by atoms with Gasteiger partial charge in [0, 0.05) is 17.5 Å². The van der Waals surface area contributed by atoms with Crippen molar-refractivity contribution in [2.75, 3.05) is 0 Å². The predicted molar refractivity (Wildman–Crippen MR) is 68.0 cm³/mol. The topological polar surface area (TPSA) is 66.9 Å². The zero-order valence-electron chi connectivity index (χ0n) is 10.2. The van der Waals surface area contributed by atoms with Crippen LogP contribution in [0.25, 0.3) is 0 Å². The van der Waals surface area contributed by atoms with Crippen molar-refractivity contribution in [2.24, 2.45) is 5.92 Å². The molecule has 0 spiro atoms. The number of hydrogen-bond acceptors (Lipinski definition) is 3. The monoisotopic (exact) mass is 244 g/mol. The minimum Gasteiger partial charge on any atom is -0.258 e. The molecule has 1 saturated carbocycles. The van der Waals surface area contributed by atoms with Gasteiger partial charge in [0.2, 0.25) is 0 Å². The number of benzene rings is 1. The maximum Gasteiger partial charge on any atom is 0.272 e. The molecule has 1 aromatic carbocycles. The van der Waals surface area contributed by atoms with Gasteiger partial charge >= 0.3 is 0 Å². The second-order valence-corrected chi connectivity index (χ2v) is 4.80. The minimum atomic E-state index is -0.339. The molecule has 2 unspecified atom stereocenters. The van der Waals surface area contributed by atoms with E-state index in [9.17, 15) is 15.4 Å². The number of rotatable bonds is 2. The predicted octanol–water partition coefficient (Wildman–Crippen LogP) is 3.78. The van der Waals surface area contributed by atoms with Gasteiger partial charge in [0.25, 0.3) is 5.69 Å². The first-order chi connectivity index (χ1) is 8.74. The van der Waals surface area contributed by atoms with E-state index in [0.717, 1.165) is 37.7 Å². The highest BCUT2D eigenvalue weighted by atomic mass is 16.6. The summed E-state index contributed by atoms with van der Waals surface area (Å²) in [6.07, 6.45) is 4.95. The van der Waals surface area contributed by atoms with Gasteiger partial charge in [-0.15, -0.1) is 0 Å². The Bertz CT molecular complexity index is 479. The van der Waals surface area contributed by atoms with Gasteiger partial charge in [-0.3, -0.25) is 10.1 Å². The molecule has 0 amide bonds. The number of nitrogens with zero attached hydrogens (tertiary/aromatic N) is 2. The van der Waals surface area contributed by atoms with Crippen molar-refractivity contribution in [3.8, 4) is 6.07 Å². The van der Waals surface area contributed by atoms with Crippen LogP contribution in [0.3, 0.4) is 0 Å². The van der Waals surface area contributed by atoms with E-state index in [2.05, 4.69) is 6.07 Å². The van der Waals surface area contributed by atoms with E-state index in [4.69, 9.17) is 0 Å². The van der Waals surface area contributed by atoms with Crippen LogP contribution in [0.2, 0.25) is 0 Å². The Balaban J connectivity index is 2.39. The van der Waals surface area contributed by atoms with Crippen molar-refractivity contribution < 1.29 is 4.92 Å². The lowest BCUT2D eigenvalue weighted by Gasteiger charge is -2.19. The van der Waals surface area contributed by atoms with Crippen LogP contribution in [0.4, 0.5) is 5.69 Å². The summed E-state index contributed by atoms with van der Waals surface area (Å²) >= 11 is 0. The van der Waals surface area contributed by atoms with Crippen molar-refractivity contribution in [2.45, 2.75) is 38.0 Å². The average molecular weight is 244 g/mol. The lowest BCUT2D eigenvalue weighted by molar-refractivity contribution is -0.385. The average Bonchev–Trinajstić information content (AvgIpc) is 2.63. The summed E-state index contributed by atoms with van der Waals surface area (Å²) in [4.78, 5) is 10.7. The highest BCUT2D eigenvalue weighted by Crippen LogP contribution is 2.39. The minimum absolute atomic E-state index is 0.0131. The Hall–Kier alpha value is -1.89. The summed E-state index contributed by atoms with van der Waals surface area (Å²) < 4.78 is 0. The Labute approximate surface area is 106 Å². The van der Waals surface area contributed by atoms with Crippen molar-refractivity contribution in [3.05, 3.63) is 39.9 Å². The molecule has 4 nitrogen and oxygen atoms in total. The van der Waals surface area contributed by atoms with Crippen LogP contribution in [0, 0.1) is 27.4 Å². The Morgan fingerprint density at radius 1 is 1.22 bits per heavy atom. The van der Waals surface area contributed by atoms with E-state index in [-0.39, 0.29) is 22.4 Å². The zero-order valence-corrected chi connectivity index (χ0v) is 10.2. The fraction of sp³-hybridized carbons (Fsp3) is 0.500. The number of hydrogen-bond donors (Lipinski definition) is 0.